The number of rotatable bonds is 5. The lowest BCUT2D eigenvalue weighted by molar-refractivity contribution is 0.00781. The highest BCUT2D eigenvalue weighted by molar-refractivity contribution is 5.31. The number of aromatic nitrogens is 5. The van der Waals surface area contributed by atoms with Gasteiger partial charge in [-0.25, -0.2) is 14.3 Å². The van der Waals surface area contributed by atoms with E-state index < -0.39 is 0 Å². The third-order valence-electron chi connectivity index (χ3n) is 6.16. The molecular weight excluding hydrogens is 380 g/mol. The second kappa shape index (κ2) is 8.49. The van der Waals surface area contributed by atoms with Crippen molar-refractivity contribution in [2.75, 3.05) is 26.2 Å². The van der Waals surface area contributed by atoms with E-state index in [9.17, 15) is 4.79 Å². The average molecular weight is 406 g/mol. The molecule has 2 aliphatic rings. The molecule has 3 aromatic rings. The number of ether oxygens (including phenoxy) is 1. The zero-order valence-electron chi connectivity index (χ0n) is 16.9. The van der Waals surface area contributed by atoms with Gasteiger partial charge in [-0.15, -0.1) is 5.10 Å². The van der Waals surface area contributed by atoms with Gasteiger partial charge in [0, 0.05) is 19.2 Å². The minimum absolute atomic E-state index is 0.0755. The molecule has 2 aliphatic heterocycles. The zero-order chi connectivity index (χ0) is 20.3. The van der Waals surface area contributed by atoms with E-state index in [2.05, 4.69) is 44.3 Å². The van der Waals surface area contributed by atoms with Crippen molar-refractivity contribution < 1.29 is 4.74 Å². The zero-order valence-corrected chi connectivity index (χ0v) is 16.9. The molecule has 5 rings (SSSR count). The Labute approximate surface area is 175 Å². The number of hydrogen-bond donors (Lipinski definition) is 0. The number of hydrogen-bond acceptors (Lipinski definition) is 6. The molecule has 1 aromatic carbocycles. The fourth-order valence-electron chi connectivity index (χ4n) is 4.48. The standard InChI is InChI=1S/C22H26N6O2/c29-22-6-5-21(28-16-23-15-24-28)25-27(22)13-17-7-10-26(11-8-17)14-20-19-4-2-1-3-18(19)9-12-30-20/h1-6,15-17,20H,7-14H2. The van der Waals surface area contributed by atoms with Crippen LogP contribution in [-0.4, -0.2) is 55.7 Å². The molecule has 0 bridgehead atoms. The van der Waals surface area contributed by atoms with Gasteiger partial charge in [-0.2, -0.15) is 5.10 Å². The molecule has 156 valence electrons. The third kappa shape index (κ3) is 4.06. The van der Waals surface area contributed by atoms with Crippen LogP contribution >= 0.6 is 0 Å². The van der Waals surface area contributed by atoms with Gasteiger partial charge in [0.05, 0.1) is 12.7 Å². The summed E-state index contributed by atoms with van der Waals surface area (Å²) in [5.41, 5.74) is 2.68. The van der Waals surface area contributed by atoms with Crippen LogP contribution in [0.5, 0.6) is 0 Å². The topological polar surface area (TPSA) is 78.1 Å². The van der Waals surface area contributed by atoms with Crippen LogP contribution in [0.2, 0.25) is 0 Å². The number of fused-ring (bicyclic) bond motifs is 1. The number of piperidine rings is 1. The Hall–Kier alpha value is -2.84. The van der Waals surface area contributed by atoms with Gasteiger partial charge in [0.2, 0.25) is 0 Å². The van der Waals surface area contributed by atoms with Crippen LogP contribution in [0.25, 0.3) is 5.82 Å². The Balaban J connectivity index is 1.19. The highest BCUT2D eigenvalue weighted by Gasteiger charge is 2.26. The predicted octanol–water partition coefficient (Wildman–Crippen LogP) is 1.85. The van der Waals surface area contributed by atoms with E-state index in [0.29, 0.717) is 18.3 Å². The van der Waals surface area contributed by atoms with Crippen molar-refractivity contribution in [2.24, 2.45) is 5.92 Å². The number of nitrogens with zero attached hydrogens (tertiary/aromatic N) is 6. The van der Waals surface area contributed by atoms with Crippen LogP contribution in [0.3, 0.4) is 0 Å². The van der Waals surface area contributed by atoms with Crippen molar-refractivity contribution in [3.8, 4) is 5.82 Å². The quantitative estimate of drug-likeness (QED) is 0.644. The van der Waals surface area contributed by atoms with Gasteiger partial charge >= 0.3 is 0 Å². The first-order valence-corrected chi connectivity index (χ1v) is 10.6. The van der Waals surface area contributed by atoms with Crippen LogP contribution in [0.15, 0.2) is 53.8 Å². The summed E-state index contributed by atoms with van der Waals surface area (Å²) in [4.78, 5) is 18.7. The van der Waals surface area contributed by atoms with E-state index >= 15 is 0 Å². The minimum atomic E-state index is -0.0755. The first kappa shape index (κ1) is 19.1. The molecule has 0 radical (unpaired) electrons. The molecule has 30 heavy (non-hydrogen) atoms. The Morgan fingerprint density at radius 1 is 1.07 bits per heavy atom. The van der Waals surface area contributed by atoms with Crippen molar-refractivity contribution in [3.05, 3.63) is 70.5 Å². The van der Waals surface area contributed by atoms with E-state index in [1.165, 1.54) is 17.5 Å². The molecule has 1 fully saturated rings. The lowest BCUT2D eigenvalue weighted by Gasteiger charge is -2.36. The van der Waals surface area contributed by atoms with Crippen molar-refractivity contribution >= 4 is 0 Å². The van der Waals surface area contributed by atoms with E-state index in [-0.39, 0.29) is 11.7 Å². The molecule has 8 heteroatoms. The number of benzene rings is 1. The molecule has 1 atom stereocenters. The van der Waals surface area contributed by atoms with Gasteiger partial charge in [0.25, 0.3) is 5.56 Å². The highest BCUT2D eigenvalue weighted by atomic mass is 16.5. The molecule has 0 saturated carbocycles. The summed E-state index contributed by atoms with van der Waals surface area (Å²) in [7, 11) is 0. The summed E-state index contributed by atoms with van der Waals surface area (Å²) in [6.45, 7) is 4.41. The molecule has 1 saturated heterocycles. The molecule has 0 aliphatic carbocycles. The van der Waals surface area contributed by atoms with E-state index in [0.717, 1.165) is 45.5 Å². The molecule has 2 aromatic heterocycles. The lowest BCUT2D eigenvalue weighted by Crippen LogP contribution is -2.40. The fraction of sp³-hybridized carbons (Fsp3) is 0.455. The molecule has 0 N–H and O–H groups in total. The molecule has 0 amide bonds. The average Bonchev–Trinajstić information content (AvgIpc) is 3.32. The third-order valence-corrected chi connectivity index (χ3v) is 6.16. The van der Waals surface area contributed by atoms with Crippen molar-refractivity contribution in [3.63, 3.8) is 0 Å². The van der Waals surface area contributed by atoms with E-state index in [1.807, 2.05) is 0 Å². The summed E-state index contributed by atoms with van der Waals surface area (Å²) in [6.07, 6.45) is 6.31. The van der Waals surface area contributed by atoms with Crippen molar-refractivity contribution in [2.45, 2.75) is 31.9 Å². The van der Waals surface area contributed by atoms with Crippen molar-refractivity contribution in [1.82, 2.24) is 29.4 Å². The van der Waals surface area contributed by atoms with Crippen LogP contribution in [0.1, 0.15) is 30.1 Å². The monoisotopic (exact) mass is 406 g/mol. The smallest absolute Gasteiger partial charge is 0.266 e. The van der Waals surface area contributed by atoms with E-state index in [1.54, 1.807) is 27.8 Å². The van der Waals surface area contributed by atoms with Gasteiger partial charge in [0.15, 0.2) is 5.82 Å². The van der Waals surface area contributed by atoms with Gasteiger partial charge in [0.1, 0.15) is 12.7 Å². The van der Waals surface area contributed by atoms with Crippen LogP contribution in [0.4, 0.5) is 0 Å². The van der Waals surface area contributed by atoms with Crippen LogP contribution in [0, 0.1) is 5.92 Å². The fourth-order valence-corrected chi connectivity index (χ4v) is 4.48. The second-order valence-electron chi connectivity index (χ2n) is 8.10. The maximum absolute atomic E-state index is 12.3. The van der Waals surface area contributed by atoms with E-state index in [4.69, 9.17) is 4.74 Å². The summed E-state index contributed by atoms with van der Waals surface area (Å²) in [5, 5.41) is 8.57. The Morgan fingerprint density at radius 2 is 1.93 bits per heavy atom. The lowest BCUT2D eigenvalue weighted by atomic mass is 9.94. The number of likely N-dealkylation sites (tertiary alicyclic amines) is 1. The van der Waals surface area contributed by atoms with Crippen LogP contribution < -0.4 is 5.56 Å². The van der Waals surface area contributed by atoms with Gasteiger partial charge in [-0.1, -0.05) is 24.3 Å². The van der Waals surface area contributed by atoms with Crippen LogP contribution in [-0.2, 0) is 17.7 Å². The maximum Gasteiger partial charge on any atom is 0.266 e. The Morgan fingerprint density at radius 3 is 2.77 bits per heavy atom. The molecule has 0 spiro atoms. The summed E-state index contributed by atoms with van der Waals surface area (Å²) in [5.74, 6) is 1.05. The minimum Gasteiger partial charge on any atom is -0.372 e. The predicted molar refractivity (Wildman–Crippen MR) is 111 cm³/mol. The SMILES string of the molecule is O=c1ccc(-n2cncn2)nn1CC1CCN(CC2OCCc3ccccc32)CC1. The second-order valence-corrected chi connectivity index (χ2v) is 8.10. The van der Waals surface area contributed by atoms with Crippen molar-refractivity contribution in [1.29, 1.82) is 0 Å². The summed E-state index contributed by atoms with van der Waals surface area (Å²) < 4.78 is 9.22. The molecular formula is C22H26N6O2. The largest absolute Gasteiger partial charge is 0.372 e. The molecule has 1 unspecified atom stereocenters. The normalized spacial score (nSPS) is 20.2. The molecule has 8 nitrogen and oxygen atoms in total. The Kier molecular flexibility index (Phi) is 5.42. The first-order valence-electron chi connectivity index (χ1n) is 10.6. The van der Waals surface area contributed by atoms with Gasteiger partial charge in [-0.3, -0.25) is 4.79 Å². The van der Waals surface area contributed by atoms with Gasteiger partial charge < -0.3 is 9.64 Å². The summed E-state index contributed by atoms with van der Waals surface area (Å²) in [6, 6.07) is 11.9. The first-order chi connectivity index (χ1) is 14.8. The highest BCUT2D eigenvalue weighted by Crippen LogP contribution is 2.29. The molecule has 4 heterocycles. The summed E-state index contributed by atoms with van der Waals surface area (Å²) >= 11 is 0. The van der Waals surface area contributed by atoms with Gasteiger partial charge in [-0.05, 0) is 55.5 Å². The maximum atomic E-state index is 12.3. The Bertz CT molecular complexity index is 1040.